The highest BCUT2D eigenvalue weighted by molar-refractivity contribution is 6.00. The lowest BCUT2D eigenvalue weighted by Gasteiger charge is -2.15. The largest absolute Gasteiger partial charge is 0.388 e. The van der Waals surface area contributed by atoms with Gasteiger partial charge in [0.15, 0.2) is 17.4 Å². The molecule has 0 aliphatic heterocycles. The van der Waals surface area contributed by atoms with Crippen molar-refractivity contribution < 1.29 is 41.8 Å². The second kappa shape index (κ2) is 10.7. The van der Waals surface area contributed by atoms with Crippen molar-refractivity contribution in [3.05, 3.63) is 59.2 Å². The normalized spacial score (nSPS) is 11.8. The van der Waals surface area contributed by atoms with Crippen LogP contribution in [-0.2, 0) is 14.4 Å². The minimum Gasteiger partial charge on any atom is -0.388 e. The van der Waals surface area contributed by atoms with Crippen molar-refractivity contribution >= 4 is 23.1 Å². The fraction of sp³-hybridized carbons (Fsp3) is 0.263. The van der Waals surface area contributed by atoms with Gasteiger partial charge in [-0.2, -0.15) is 0 Å². The fourth-order valence-electron chi connectivity index (χ4n) is 2.23. The number of rotatable bonds is 10. The molecule has 11 heteroatoms. The molecule has 0 radical (unpaired) electrons. The van der Waals surface area contributed by atoms with Crippen LogP contribution in [-0.4, -0.2) is 42.7 Å². The third-order valence-corrected chi connectivity index (χ3v) is 3.59. The standard InChI is InChI=1S/C19H18F4N2O5/c1-10(26)7-29-8-12(27)9-30-25-19(28)13-3-4-14(21)17(23)18(13)24-16-5-2-11(20)6-15(16)22/h2-6,12,24,27H,7-9H2,1H3,(H,25,28)/t12-/m0/s1. The molecule has 0 saturated carbocycles. The van der Waals surface area contributed by atoms with Crippen molar-refractivity contribution in [3.8, 4) is 0 Å². The van der Waals surface area contributed by atoms with Crippen LogP contribution in [0.15, 0.2) is 30.3 Å². The minimum atomic E-state index is -1.47. The van der Waals surface area contributed by atoms with Gasteiger partial charge in [-0.05, 0) is 31.2 Å². The number of amides is 1. The van der Waals surface area contributed by atoms with E-state index in [-0.39, 0.29) is 19.0 Å². The average Bonchev–Trinajstić information content (AvgIpc) is 2.67. The van der Waals surface area contributed by atoms with Crippen molar-refractivity contribution in [3.63, 3.8) is 0 Å². The number of aliphatic hydroxyl groups excluding tert-OH is 1. The van der Waals surface area contributed by atoms with Crippen LogP contribution in [0.4, 0.5) is 28.9 Å². The molecule has 0 saturated heterocycles. The first-order valence-electron chi connectivity index (χ1n) is 8.56. The van der Waals surface area contributed by atoms with Gasteiger partial charge in [-0.1, -0.05) is 0 Å². The summed E-state index contributed by atoms with van der Waals surface area (Å²) < 4.78 is 59.6. The number of nitrogens with one attached hydrogen (secondary N) is 2. The van der Waals surface area contributed by atoms with Crippen LogP contribution in [0.25, 0.3) is 0 Å². The van der Waals surface area contributed by atoms with E-state index in [0.717, 1.165) is 18.2 Å². The summed E-state index contributed by atoms with van der Waals surface area (Å²) in [7, 11) is 0. The Morgan fingerprint density at radius 3 is 2.47 bits per heavy atom. The Kier molecular flexibility index (Phi) is 8.27. The summed E-state index contributed by atoms with van der Waals surface area (Å²) in [6, 6.07) is 3.97. The monoisotopic (exact) mass is 430 g/mol. The van der Waals surface area contributed by atoms with Gasteiger partial charge in [0.1, 0.15) is 31.0 Å². The van der Waals surface area contributed by atoms with Gasteiger partial charge in [0.25, 0.3) is 5.91 Å². The Morgan fingerprint density at radius 2 is 1.80 bits per heavy atom. The number of ketones is 1. The minimum absolute atomic E-state index is 0.201. The number of benzene rings is 2. The zero-order chi connectivity index (χ0) is 22.3. The van der Waals surface area contributed by atoms with Crippen LogP contribution in [0.1, 0.15) is 17.3 Å². The molecular formula is C19H18F4N2O5. The van der Waals surface area contributed by atoms with E-state index in [1.165, 1.54) is 6.92 Å². The molecule has 0 bridgehead atoms. The van der Waals surface area contributed by atoms with Crippen molar-refractivity contribution in [2.24, 2.45) is 0 Å². The second-order valence-electron chi connectivity index (χ2n) is 6.15. The summed E-state index contributed by atoms with van der Waals surface area (Å²) in [5, 5.41) is 11.8. The van der Waals surface area contributed by atoms with Gasteiger partial charge in [0.2, 0.25) is 0 Å². The molecule has 30 heavy (non-hydrogen) atoms. The molecule has 0 aliphatic rings. The van der Waals surface area contributed by atoms with E-state index in [2.05, 4.69) is 5.32 Å². The number of halogens is 4. The molecule has 0 aliphatic carbocycles. The SMILES string of the molecule is CC(=O)COC[C@H](O)CONC(=O)c1ccc(F)c(F)c1Nc1ccc(F)cc1F. The number of Topliss-reactive ketones (excluding diaryl/α,β-unsaturated/α-hetero) is 1. The lowest BCUT2D eigenvalue weighted by atomic mass is 10.1. The molecule has 0 heterocycles. The molecule has 7 nitrogen and oxygen atoms in total. The van der Waals surface area contributed by atoms with E-state index in [0.29, 0.717) is 12.1 Å². The Hall–Kier alpha value is -3.02. The molecule has 0 fully saturated rings. The molecule has 0 aromatic heterocycles. The van der Waals surface area contributed by atoms with Gasteiger partial charge in [-0.15, -0.1) is 0 Å². The summed E-state index contributed by atoms with van der Waals surface area (Å²) >= 11 is 0. The van der Waals surface area contributed by atoms with Gasteiger partial charge in [-0.25, -0.2) is 23.0 Å². The molecule has 2 aromatic carbocycles. The molecule has 1 amide bonds. The molecule has 2 rings (SSSR count). The van der Waals surface area contributed by atoms with Gasteiger partial charge in [0, 0.05) is 6.07 Å². The van der Waals surface area contributed by atoms with Crippen molar-refractivity contribution in [2.45, 2.75) is 13.0 Å². The van der Waals surface area contributed by atoms with Gasteiger partial charge < -0.3 is 15.2 Å². The lowest BCUT2D eigenvalue weighted by molar-refractivity contribution is -0.123. The highest BCUT2D eigenvalue weighted by Crippen LogP contribution is 2.28. The molecular weight excluding hydrogens is 412 g/mol. The highest BCUT2D eigenvalue weighted by atomic mass is 19.2. The molecule has 3 N–H and O–H groups in total. The van der Waals surface area contributed by atoms with Crippen molar-refractivity contribution in [2.75, 3.05) is 25.1 Å². The zero-order valence-electron chi connectivity index (χ0n) is 15.7. The predicted octanol–water partition coefficient (Wildman–Crippen LogP) is 2.61. The summed E-state index contributed by atoms with van der Waals surface area (Å²) in [6.45, 7) is 0.432. The number of carbonyl (C=O) groups excluding carboxylic acids is 2. The van der Waals surface area contributed by atoms with Crippen LogP contribution < -0.4 is 10.8 Å². The number of anilines is 2. The maximum Gasteiger partial charge on any atom is 0.277 e. The third-order valence-electron chi connectivity index (χ3n) is 3.59. The maximum atomic E-state index is 14.2. The zero-order valence-corrected chi connectivity index (χ0v) is 15.7. The van der Waals surface area contributed by atoms with Crippen LogP contribution in [0.2, 0.25) is 0 Å². The van der Waals surface area contributed by atoms with E-state index >= 15 is 0 Å². The topological polar surface area (TPSA) is 96.9 Å². The van der Waals surface area contributed by atoms with Gasteiger partial charge in [0.05, 0.1) is 23.5 Å². The quantitative estimate of drug-likeness (QED) is 0.396. The van der Waals surface area contributed by atoms with Crippen LogP contribution in [0.3, 0.4) is 0 Å². The summed E-state index contributed by atoms with van der Waals surface area (Å²) in [5.41, 5.74) is 0.380. The summed E-state index contributed by atoms with van der Waals surface area (Å²) in [6.07, 6.45) is -1.18. The van der Waals surface area contributed by atoms with Crippen molar-refractivity contribution in [1.29, 1.82) is 0 Å². The Balaban J connectivity index is 2.06. The van der Waals surface area contributed by atoms with Gasteiger partial charge in [-0.3, -0.25) is 14.4 Å². The van der Waals surface area contributed by atoms with E-state index in [1.54, 1.807) is 0 Å². The molecule has 162 valence electrons. The Labute approximate surface area is 168 Å². The van der Waals surface area contributed by atoms with Crippen molar-refractivity contribution in [1.82, 2.24) is 5.48 Å². The average molecular weight is 430 g/mol. The Bertz CT molecular complexity index is 926. The number of aliphatic hydroxyl groups is 1. The van der Waals surface area contributed by atoms with Crippen LogP contribution >= 0.6 is 0 Å². The first-order chi connectivity index (χ1) is 14.2. The molecule has 0 unspecified atom stereocenters. The number of ether oxygens (including phenoxy) is 1. The number of hydrogen-bond acceptors (Lipinski definition) is 6. The first kappa shape index (κ1) is 23.3. The van der Waals surface area contributed by atoms with E-state index in [9.17, 15) is 32.3 Å². The third kappa shape index (κ3) is 6.51. The van der Waals surface area contributed by atoms with Crippen LogP contribution in [0, 0.1) is 23.3 Å². The van der Waals surface area contributed by atoms with E-state index < -0.39 is 58.8 Å². The van der Waals surface area contributed by atoms with E-state index in [1.807, 2.05) is 5.48 Å². The molecule has 0 spiro atoms. The van der Waals surface area contributed by atoms with E-state index in [4.69, 9.17) is 9.57 Å². The molecule has 2 aromatic rings. The Morgan fingerprint density at radius 1 is 1.07 bits per heavy atom. The lowest BCUT2D eigenvalue weighted by Crippen LogP contribution is -2.31. The molecule has 1 atom stereocenters. The number of hydrogen-bond donors (Lipinski definition) is 3. The fourth-order valence-corrected chi connectivity index (χ4v) is 2.23. The summed E-state index contributed by atoms with van der Waals surface area (Å²) in [4.78, 5) is 27.8. The number of hydroxylamine groups is 1. The van der Waals surface area contributed by atoms with Crippen LogP contribution in [0.5, 0.6) is 0 Å². The maximum absolute atomic E-state index is 14.2. The summed E-state index contributed by atoms with van der Waals surface area (Å²) in [5.74, 6) is -6.02. The smallest absolute Gasteiger partial charge is 0.277 e. The predicted molar refractivity (Wildman–Crippen MR) is 96.9 cm³/mol. The first-order valence-corrected chi connectivity index (χ1v) is 8.56. The number of carbonyl (C=O) groups is 2. The second-order valence-corrected chi connectivity index (χ2v) is 6.15. The highest BCUT2D eigenvalue weighted by Gasteiger charge is 2.20. The van der Waals surface area contributed by atoms with Gasteiger partial charge >= 0.3 is 0 Å².